The molecule has 5 rings (SSSR count). The standard InChI is InChI=1S/C20H14F3N3O4/c21-20(22,23)13-3-1-2-11(6-13)18-24-19(30-25-18)12-7-17(27)26(9-12)14-4-5-15-16(8-14)29-10-28-15/h1-6,8,12H,7,9-10H2/t12-/m1/s1. The van der Waals surface area contributed by atoms with Crippen molar-refractivity contribution in [3.05, 3.63) is 53.9 Å². The minimum absolute atomic E-state index is 0.0464. The normalized spacial score (nSPS) is 18.3. The van der Waals surface area contributed by atoms with Crippen molar-refractivity contribution in [3.8, 4) is 22.9 Å². The molecule has 0 radical (unpaired) electrons. The summed E-state index contributed by atoms with van der Waals surface area (Å²) in [5, 5.41) is 3.80. The highest BCUT2D eigenvalue weighted by molar-refractivity contribution is 5.96. The maximum Gasteiger partial charge on any atom is 0.416 e. The number of hydrogen-bond donors (Lipinski definition) is 0. The van der Waals surface area contributed by atoms with Crippen LogP contribution in [0.5, 0.6) is 11.5 Å². The van der Waals surface area contributed by atoms with E-state index in [4.69, 9.17) is 14.0 Å². The van der Waals surface area contributed by atoms with E-state index in [-0.39, 0.29) is 42.3 Å². The molecule has 1 amide bonds. The van der Waals surface area contributed by atoms with Crippen LogP contribution in [0.4, 0.5) is 18.9 Å². The number of alkyl halides is 3. The lowest BCUT2D eigenvalue weighted by atomic mass is 10.1. The van der Waals surface area contributed by atoms with Crippen LogP contribution in [-0.4, -0.2) is 29.4 Å². The summed E-state index contributed by atoms with van der Waals surface area (Å²) in [6.07, 6.45) is -4.32. The fourth-order valence-electron chi connectivity index (χ4n) is 3.53. The van der Waals surface area contributed by atoms with Crippen LogP contribution in [-0.2, 0) is 11.0 Å². The third-order valence-electron chi connectivity index (χ3n) is 5.03. The number of carbonyl (C=O) groups excluding carboxylic acids is 1. The SMILES string of the molecule is O=C1C[C@@H](c2nc(-c3cccc(C(F)(F)F)c3)no2)CN1c1ccc2c(c1)OCO2. The monoisotopic (exact) mass is 417 g/mol. The number of rotatable bonds is 3. The van der Waals surface area contributed by atoms with Crippen molar-refractivity contribution in [2.24, 2.45) is 0 Å². The zero-order valence-corrected chi connectivity index (χ0v) is 15.3. The molecule has 2 aliphatic heterocycles. The van der Waals surface area contributed by atoms with Gasteiger partial charge < -0.3 is 18.9 Å². The fourth-order valence-corrected chi connectivity index (χ4v) is 3.53. The van der Waals surface area contributed by atoms with E-state index in [0.29, 0.717) is 23.7 Å². The summed E-state index contributed by atoms with van der Waals surface area (Å²) in [4.78, 5) is 18.4. The molecule has 3 aromatic rings. The number of ether oxygens (including phenoxy) is 2. The van der Waals surface area contributed by atoms with Gasteiger partial charge in [0.05, 0.1) is 11.5 Å². The molecule has 0 aliphatic carbocycles. The Kier molecular flexibility index (Phi) is 4.16. The number of anilines is 1. The summed E-state index contributed by atoms with van der Waals surface area (Å²) in [5.74, 6) is 0.940. The van der Waals surface area contributed by atoms with Gasteiger partial charge in [-0.25, -0.2) is 0 Å². The molecule has 1 fully saturated rings. The van der Waals surface area contributed by atoms with Crippen LogP contribution in [0.1, 0.15) is 23.8 Å². The summed E-state index contributed by atoms with van der Waals surface area (Å²) in [6.45, 7) is 0.443. The van der Waals surface area contributed by atoms with Crippen molar-refractivity contribution < 1.29 is 32.0 Å². The molecule has 154 valence electrons. The first-order valence-corrected chi connectivity index (χ1v) is 9.10. The Labute approximate surface area is 168 Å². The molecule has 0 bridgehead atoms. The number of hydrogen-bond acceptors (Lipinski definition) is 6. The molecular formula is C20H14F3N3O4. The van der Waals surface area contributed by atoms with E-state index in [1.165, 1.54) is 12.1 Å². The summed E-state index contributed by atoms with van der Waals surface area (Å²) in [6, 6.07) is 9.92. The van der Waals surface area contributed by atoms with Crippen LogP contribution in [0.15, 0.2) is 47.0 Å². The van der Waals surface area contributed by atoms with Crippen molar-refractivity contribution in [2.45, 2.75) is 18.5 Å². The van der Waals surface area contributed by atoms with Gasteiger partial charge in [-0.3, -0.25) is 4.79 Å². The quantitative estimate of drug-likeness (QED) is 0.641. The third kappa shape index (κ3) is 3.23. The third-order valence-corrected chi connectivity index (χ3v) is 5.03. The molecule has 2 aliphatic rings. The molecule has 1 saturated heterocycles. The van der Waals surface area contributed by atoms with Crippen LogP contribution < -0.4 is 14.4 Å². The Bertz CT molecular complexity index is 1130. The number of fused-ring (bicyclic) bond motifs is 1. The molecule has 3 heterocycles. The van der Waals surface area contributed by atoms with Gasteiger partial charge in [0.15, 0.2) is 11.5 Å². The van der Waals surface area contributed by atoms with E-state index in [2.05, 4.69) is 10.1 Å². The van der Waals surface area contributed by atoms with Crippen molar-refractivity contribution >= 4 is 11.6 Å². The van der Waals surface area contributed by atoms with Gasteiger partial charge in [0, 0.05) is 30.3 Å². The molecule has 10 heteroatoms. The number of amides is 1. The topological polar surface area (TPSA) is 77.7 Å². The first-order valence-electron chi connectivity index (χ1n) is 9.10. The van der Waals surface area contributed by atoms with Gasteiger partial charge >= 0.3 is 6.18 Å². The van der Waals surface area contributed by atoms with E-state index < -0.39 is 11.7 Å². The Balaban J connectivity index is 1.37. The minimum atomic E-state index is -4.47. The summed E-state index contributed by atoms with van der Waals surface area (Å²) >= 11 is 0. The number of carbonyl (C=O) groups is 1. The molecule has 0 saturated carbocycles. The highest BCUT2D eigenvalue weighted by Gasteiger charge is 2.36. The zero-order chi connectivity index (χ0) is 20.9. The first-order chi connectivity index (χ1) is 14.4. The van der Waals surface area contributed by atoms with E-state index in [1.807, 2.05) is 0 Å². The zero-order valence-electron chi connectivity index (χ0n) is 15.3. The van der Waals surface area contributed by atoms with Crippen molar-refractivity contribution in [3.63, 3.8) is 0 Å². The number of benzene rings is 2. The van der Waals surface area contributed by atoms with E-state index in [1.54, 1.807) is 23.1 Å². The van der Waals surface area contributed by atoms with Crippen LogP contribution in [0, 0.1) is 0 Å². The second-order valence-corrected chi connectivity index (χ2v) is 6.98. The number of halogens is 3. The molecular weight excluding hydrogens is 403 g/mol. The Morgan fingerprint density at radius 3 is 2.73 bits per heavy atom. The fraction of sp³-hybridized carbons (Fsp3) is 0.250. The lowest BCUT2D eigenvalue weighted by Gasteiger charge is -2.16. The van der Waals surface area contributed by atoms with E-state index in [9.17, 15) is 18.0 Å². The van der Waals surface area contributed by atoms with Crippen LogP contribution >= 0.6 is 0 Å². The van der Waals surface area contributed by atoms with Gasteiger partial charge in [-0.05, 0) is 24.3 Å². The maximum atomic E-state index is 12.9. The Morgan fingerprint density at radius 1 is 1.07 bits per heavy atom. The van der Waals surface area contributed by atoms with E-state index in [0.717, 1.165) is 12.1 Å². The minimum Gasteiger partial charge on any atom is -0.454 e. The van der Waals surface area contributed by atoms with Gasteiger partial charge in [-0.2, -0.15) is 18.2 Å². The molecule has 30 heavy (non-hydrogen) atoms. The molecule has 2 aromatic carbocycles. The lowest BCUT2D eigenvalue weighted by Crippen LogP contribution is -2.24. The predicted octanol–water partition coefficient (Wildman–Crippen LogP) is 4.00. The van der Waals surface area contributed by atoms with Gasteiger partial charge in [-0.1, -0.05) is 17.3 Å². The molecule has 1 aromatic heterocycles. The Hall–Kier alpha value is -3.56. The molecule has 7 nitrogen and oxygen atoms in total. The summed E-state index contributed by atoms with van der Waals surface area (Å²) in [5.41, 5.74) is 0.0533. The molecule has 0 spiro atoms. The predicted molar refractivity (Wildman–Crippen MR) is 97.0 cm³/mol. The van der Waals surface area contributed by atoms with Gasteiger partial charge in [-0.15, -0.1) is 0 Å². The highest BCUT2D eigenvalue weighted by Crippen LogP contribution is 2.39. The summed E-state index contributed by atoms with van der Waals surface area (Å²) in [7, 11) is 0. The van der Waals surface area contributed by atoms with Gasteiger partial charge in [0.1, 0.15) is 0 Å². The van der Waals surface area contributed by atoms with Crippen LogP contribution in [0.25, 0.3) is 11.4 Å². The smallest absolute Gasteiger partial charge is 0.416 e. The average Bonchev–Trinajstić information content (AvgIpc) is 3.46. The number of nitrogens with zero attached hydrogens (tertiary/aromatic N) is 3. The molecule has 1 atom stereocenters. The van der Waals surface area contributed by atoms with E-state index >= 15 is 0 Å². The van der Waals surface area contributed by atoms with Crippen LogP contribution in [0.2, 0.25) is 0 Å². The first kappa shape index (κ1) is 18.5. The highest BCUT2D eigenvalue weighted by atomic mass is 19.4. The summed E-state index contributed by atoms with van der Waals surface area (Å²) < 4.78 is 54.7. The van der Waals surface area contributed by atoms with Gasteiger partial charge in [0.25, 0.3) is 0 Å². The van der Waals surface area contributed by atoms with Crippen LogP contribution in [0.3, 0.4) is 0 Å². The molecule has 0 unspecified atom stereocenters. The van der Waals surface area contributed by atoms with Gasteiger partial charge in [0.2, 0.25) is 24.4 Å². The number of aromatic nitrogens is 2. The second kappa shape index (κ2) is 6.75. The van der Waals surface area contributed by atoms with Crippen molar-refractivity contribution in [2.75, 3.05) is 18.2 Å². The lowest BCUT2D eigenvalue weighted by molar-refractivity contribution is -0.137. The Morgan fingerprint density at radius 2 is 1.90 bits per heavy atom. The largest absolute Gasteiger partial charge is 0.454 e. The van der Waals surface area contributed by atoms with Crippen molar-refractivity contribution in [1.29, 1.82) is 0 Å². The van der Waals surface area contributed by atoms with Crippen molar-refractivity contribution in [1.82, 2.24) is 10.1 Å². The second-order valence-electron chi connectivity index (χ2n) is 6.98. The maximum absolute atomic E-state index is 12.9. The average molecular weight is 417 g/mol. The molecule has 0 N–H and O–H groups in total.